The minimum atomic E-state index is -0.424. The van der Waals surface area contributed by atoms with E-state index in [0.29, 0.717) is 11.6 Å². The molecule has 0 spiro atoms. The van der Waals surface area contributed by atoms with Crippen LogP contribution < -0.4 is 10.6 Å². The van der Waals surface area contributed by atoms with E-state index in [0.717, 1.165) is 7.14 Å². The summed E-state index contributed by atoms with van der Waals surface area (Å²) in [5, 5.41) is 5.12. The maximum atomic E-state index is 11.7. The van der Waals surface area contributed by atoms with Crippen molar-refractivity contribution in [2.75, 3.05) is 10.6 Å². The fourth-order valence-corrected chi connectivity index (χ4v) is 2.06. The first-order valence-corrected chi connectivity index (χ1v) is 8.01. The Morgan fingerprint density at radius 1 is 0.857 bits per heavy atom. The Morgan fingerprint density at radius 3 is 1.62 bits per heavy atom. The predicted molar refractivity (Wildman–Crippen MR) is 95.8 cm³/mol. The number of rotatable bonds is 4. The van der Waals surface area contributed by atoms with Gasteiger partial charge in [0.1, 0.15) is 18.1 Å². The molecule has 108 valence electrons. The van der Waals surface area contributed by atoms with Crippen LogP contribution in [0.3, 0.4) is 0 Å². The van der Waals surface area contributed by atoms with Crippen molar-refractivity contribution in [1.29, 1.82) is 0 Å². The molecule has 0 aliphatic carbocycles. The zero-order valence-corrected chi connectivity index (χ0v) is 15.0. The summed E-state index contributed by atoms with van der Waals surface area (Å²) in [7, 11) is 0. The molecule has 0 bridgehead atoms. The number of nitrogens with zero attached hydrogens (tertiary/aromatic N) is 2. The van der Waals surface area contributed by atoms with Crippen LogP contribution in [0.1, 0.15) is 6.42 Å². The number of aromatic nitrogens is 2. The average Bonchev–Trinajstić information content (AvgIpc) is 2.44. The lowest BCUT2D eigenvalue weighted by atomic mass is 10.3. The largest absolute Gasteiger partial charge is 0.310 e. The molecule has 2 aromatic heterocycles. The number of anilines is 2. The van der Waals surface area contributed by atoms with E-state index >= 15 is 0 Å². The highest BCUT2D eigenvalue weighted by molar-refractivity contribution is 14.1. The summed E-state index contributed by atoms with van der Waals surface area (Å²) in [6.07, 6.45) is 2.97. The van der Waals surface area contributed by atoms with Gasteiger partial charge in [-0.3, -0.25) is 9.59 Å². The van der Waals surface area contributed by atoms with Crippen LogP contribution in [-0.2, 0) is 9.59 Å². The second-order valence-corrected chi connectivity index (χ2v) is 6.49. The van der Waals surface area contributed by atoms with Gasteiger partial charge in [-0.05, 0) is 69.4 Å². The Bertz CT molecular complexity index is 587. The molecular formula is C13H10I2N4O2. The van der Waals surface area contributed by atoms with Crippen molar-refractivity contribution >= 4 is 68.6 Å². The SMILES string of the molecule is O=C(CC(=O)Nc1ccc(I)cn1)Nc1ccc(I)cn1. The van der Waals surface area contributed by atoms with E-state index in [4.69, 9.17) is 0 Å². The number of pyridine rings is 2. The molecule has 2 rings (SSSR count). The van der Waals surface area contributed by atoms with Crippen LogP contribution in [0.5, 0.6) is 0 Å². The molecule has 0 unspecified atom stereocenters. The summed E-state index contributed by atoms with van der Waals surface area (Å²) in [4.78, 5) is 31.5. The van der Waals surface area contributed by atoms with E-state index in [2.05, 4.69) is 65.8 Å². The summed E-state index contributed by atoms with van der Waals surface area (Å²) in [5.74, 6) is -0.0142. The average molecular weight is 508 g/mol. The molecule has 0 fully saturated rings. The fraction of sp³-hybridized carbons (Fsp3) is 0.0769. The standard InChI is InChI=1S/C13H10I2N4O2/c14-8-1-3-10(16-6-8)18-12(20)5-13(21)19-11-4-2-9(15)7-17-11/h1-4,6-7H,5H2,(H,16,18,20)(H,17,19,21). The normalized spacial score (nSPS) is 10.0. The Balaban J connectivity index is 1.85. The highest BCUT2D eigenvalue weighted by atomic mass is 127. The van der Waals surface area contributed by atoms with Gasteiger partial charge in [0.2, 0.25) is 11.8 Å². The fourth-order valence-electron chi connectivity index (χ4n) is 1.42. The zero-order chi connectivity index (χ0) is 15.2. The van der Waals surface area contributed by atoms with Crippen LogP contribution in [0, 0.1) is 7.14 Å². The molecule has 6 nitrogen and oxygen atoms in total. The van der Waals surface area contributed by atoms with Crippen LogP contribution in [-0.4, -0.2) is 21.8 Å². The molecular weight excluding hydrogens is 498 g/mol. The molecule has 0 aliphatic heterocycles. The summed E-state index contributed by atoms with van der Waals surface area (Å²) in [6, 6.07) is 6.99. The van der Waals surface area contributed by atoms with E-state index in [1.165, 1.54) is 0 Å². The van der Waals surface area contributed by atoms with Crippen molar-refractivity contribution in [1.82, 2.24) is 9.97 Å². The Kier molecular flexibility index (Phi) is 5.85. The van der Waals surface area contributed by atoms with Crippen molar-refractivity contribution in [3.8, 4) is 0 Å². The molecule has 0 saturated carbocycles. The third-order valence-electron chi connectivity index (χ3n) is 2.31. The number of carbonyl (C=O) groups excluding carboxylic acids is 2. The van der Waals surface area contributed by atoms with Gasteiger partial charge in [0.05, 0.1) is 0 Å². The molecule has 2 heterocycles. The van der Waals surface area contributed by atoms with Gasteiger partial charge in [0.25, 0.3) is 0 Å². The molecule has 0 aromatic carbocycles. The van der Waals surface area contributed by atoms with Crippen molar-refractivity contribution in [3.05, 3.63) is 43.8 Å². The second-order valence-electron chi connectivity index (χ2n) is 4.00. The minimum Gasteiger partial charge on any atom is -0.310 e. The van der Waals surface area contributed by atoms with Crippen molar-refractivity contribution in [3.63, 3.8) is 0 Å². The van der Waals surface area contributed by atoms with Crippen molar-refractivity contribution < 1.29 is 9.59 Å². The quantitative estimate of drug-likeness (QED) is 0.492. The van der Waals surface area contributed by atoms with E-state index < -0.39 is 11.8 Å². The molecule has 0 atom stereocenters. The number of carbonyl (C=O) groups is 2. The van der Waals surface area contributed by atoms with Gasteiger partial charge in [0, 0.05) is 19.5 Å². The molecule has 8 heteroatoms. The summed E-state index contributed by atoms with van der Waals surface area (Å²) < 4.78 is 1.93. The molecule has 0 radical (unpaired) electrons. The lowest BCUT2D eigenvalue weighted by Crippen LogP contribution is -2.22. The van der Waals surface area contributed by atoms with E-state index in [1.807, 2.05) is 12.1 Å². The smallest absolute Gasteiger partial charge is 0.234 e. The maximum Gasteiger partial charge on any atom is 0.234 e. The summed E-state index contributed by atoms with van der Waals surface area (Å²) in [6.45, 7) is 0. The highest BCUT2D eigenvalue weighted by Crippen LogP contribution is 2.09. The maximum absolute atomic E-state index is 11.7. The topological polar surface area (TPSA) is 84.0 Å². The van der Waals surface area contributed by atoms with Gasteiger partial charge in [-0.2, -0.15) is 0 Å². The molecule has 21 heavy (non-hydrogen) atoms. The second kappa shape index (κ2) is 7.64. The Hall–Kier alpha value is -1.30. The van der Waals surface area contributed by atoms with E-state index in [-0.39, 0.29) is 6.42 Å². The minimum absolute atomic E-state index is 0.290. The van der Waals surface area contributed by atoms with E-state index in [9.17, 15) is 9.59 Å². The lowest BCUT2D eigenvalue weighted by Gasteiger charge is -2.05. The van der Waals surface area contributed by atoms with Crippen LogP contribution in [0.15, 0.2) is 36.7 Å². The first-order valence-electron chi connectivity index (χ1n) is 5.86. The zero-order valence-electron chi connectivity index (χ0n) is 10.6. The number of halogens is 2. The Labute approximate surface area is 148 Å². The van der Waals surface area contributed by atoms with Gasteiger partial charge >= 0.3 is 0 Å². The molecule has 2 N–H and O–H groups in total. The monoisotopic (exact) mass is 508 g/mol. The highest BCUT2D eigenvalue weighted by Gasteiger charge is 2.11. The van der Waals surface area contributed by atoms with Gasteiger partial charge < -0.3 is 10.6 Å². The van der Waals surface area contributed by atoms with Crippen LogP contribution in [0.2, 0.25) is 0 Å². The molecule has 0 saturated heterocycles. The van der Waals surface area contributed by atoms with Crippen LogP contribution >= 0.6 is 45.2 Å². The molecule has 2 aromatic rings. The number of amides is 2. The number of nitrogens with one attached hydrogen (secondary N) is 2. The van der Waals surface area contributed by atoms with Gasteiger partial charge in [-0.25, -0.2) is 9.97 Å². The van der Waals surface area contributed by atoms with Gasteiger partial charge in [-0.15, -0.1) is 0 Å². The first kappa shape index (κ1) is 16.1. The van der Waals surface area contributed by atoms with Crippen molar-refractivity contribution in [2.24, 2.45) is 0 Å². The third-order valence-corrected chi connectivity index (χ3v) is 3.59. The molecule has 2 amide bonds. The number of hydrogen-bond acceptors (Lipinski definition) is 4. The van der Waals surface area contributed by atoms with Gasteiger partial charge in [-0.1, -0.05) is 0 Å². The van der Waals surface area contributed by atoms with E-state index in [1.54, 1.807) is 24.5 Å². The first-order chi connectivity index (χ1) is 10.0. The van der Waals surface area contributed by atoms with Crippen LogP contribution in [0.25, 0.3) is 0 Å². The number of hydrogen-bond donors (Lipinski definition) is 2. The third kappa shape index (κ3) is 5.53. The summed E-state index contributed by atoms with van der Waals surface area (Å²) in [5.41, 5.74) is 0. The predicted octanol–water partition coefficient (Wildman–Crippen LogP) is 2.65. The van der Waals surface area contributed by atoms with Crippen LogP contribution in [0.4, 0.5) is 11.6 Å². The lowest BCUT2D eigenvalue weighted by molar-refractivity contribution is -0.123. The van der Waals surface area contributed by atoms with Crippen molar-refractivity contribution in [2.45, 2.75) is 6.42 Å². The molecule has 0 aliphatic rings. The summed E-state index contributed by atoms with van der Waals surface area (Å²) >= 11 is 4.24. The van der Waals surface area contributed by atoms with Gasteiger partial charge in [0.15, 0.2) is 0 Å². The Morgan fingerprint density at radius 2 is 1.29 bits per heavy atom.